The molecular weight excluding hydrogens is 282 g/mol. The van der Waals surface area contributed by atoms with Gasteiger partial charge in [0, 0.05) is 25.0 Å². The molecule has 3 rings (SSSR count). The van der Waals surface area contributed by atoms with E-state index in [-0.39, 0.29) is 5.56 Å². The number of morpholine rings is 1. The van der Waals surface area contributed by atoms with E-state index in [0.29, 0.717) is 12.4 Å². The number of rotatable bonds is 5. The van der Waals surface area contributed by atoms with E-state index in [1.54, 1.807) is 6.07 Å². The van der Waals surface area contributed by atoms with Crippen molar-refractivity contribution in [3.8, 4) is 5.75 Å². The fourth-order valence-electron chi connectivity index (χ4n) is 2.67. The summed E-state index contributed by atoms with van der Waals surface area (Å²) < 4.78 is 11.2. The quantitative estimate of drug-likeness (QED) is 0.918. The van der Waals surface area contributed by atoms with Gasteiger partial charge in [-0.3, -0.25) is 4.90 Å². The number of ether oxygens (including phenoxy) is 2. The second kappa shape index (κ2) is 6.77. The minimum atomic E-state index is -0.966. The van der Waals surface area contributed by atoms with Crippen LogP contribution in [0.4, 0.5) is 0 Å². The molecule has 5 heteroatoms. The number of fused-ring (bicyclic) bond motifs is 1. The molecule has 1 heterocycles. The van der Waals surface area contributed by atoms with Crippen LogP contribution in [0, 0.1) is 0 Å². The van der Waals surface area contributed by atoms with Gasteiger partial charge in [0.2, 0.25) is 0 Å². The van der Waals surface area contributed by atoms with Gasteiger partial charge in [0.25, 0.3) is 0 Å². The van der Waals surface area contributed by atoms with Crippen LogP contribution in [0.15, 0.2) is 36.4 Å². The van der Waals surface area contributed by atoms with Crippen LogP contribution < -0.4 is 4.74 Å². The van der Waals surface area contributed by atoms with Crippen LogP contribution >= 0.6 is 0 Å². The Labute approximate surface area is 129 Å². The van der Waals surface area contributed by atoms with E-state index in [9.17, 15) is 9.90 Å². The summed E-state index contributed by atoms with van der Waals surface area (Å²) in [6, 6.07) is 11.1. The third-order valence-corrected chi connectivity index (χ3v) is 3.87. The molecule has 2 aromatic carbocycles. The average molecular weight is 301 g/mol. The average Bonchev–Trinajstić information content (AvgIpc) is 2.55. The number of carboxylic acid groups (broad SMARTS) is 1. The molecule has 0 amide bonds. The summed E-state index contributed by atoms with van der Waals surface area (Å²) in [4.78, 5) is 13.7. The molecule has 0 aliphatic carbocycles. The van der Waals surface area contributed by atoms with E-state index in [4.69, 9.17) is 9.47 Å². The summed E-state index contributed by atoms with van der Waals surface area (Å²) in [7, 11) is 0. The molecule has 0 aromatic heterocycles. The van der Waals surface area contributed by atoms with Crippen molar-refractivity contribution in [2.75, 3.05) is 39.5 Å². The summed E-state index contributed by atoms with van der Waals surface area (Å²) >= 11 is 0. The Bertz CT molecular complexity index is 665. The summed E-state index contributed by atoms with van der Waals surface area (Å²) in [5.74, 6) is -0.508. The molecule has 116 valence electrons. The van der Waals surface area contributed by atoms with Crippen LogP contribution in [-0.4, -0.2) is 55.4 Å². The fourth-order valence-corrected chi connectivity index (χ4v) is 2.67. The fraction of sp³-hybridized carbons (Fsp3) is 0.353. The number of carbonyl (C=O) groups is 1. The van der Waals surface area contributed by atoms with E-state index >= 15 is 0 Å². The Kier molecular flexibility index (Phi) is 4.56. The van der Waals surface area contributed by atoms with Gasteiger partial charge in [-0.25, -0.2) is 4.79 Å². The zero-order valence-electron chi connectivity index (χ0n) is 12.3. The number of hydrogen-bond donors (Lipinski definition) is 1. The molecule has 0 unspecified atom stereocenters. The third kappa shape index (κ3) is 3.21. The van der Waals surface area contributed by atoms with Crippen LogP contribution in [0.5, 0.6) is 5.75 Å². The minimum absolute atomic E-state index is 0.209. The first-order valence-electron chi connectivity index (χ1n) is 7.43. The van der Waals surface area contributed by atoms with Gasteiger partial charge in [0.15, 0.2) is 0 Å². The van der Waals surface area contributed by atoms with Gasteiger partial charge in [-0.05, 0) is 11.5 Å². The predicted octanol–water partition coefficient (Wildman–Crippen LogP) is 2.25. The molecular formula is C17H19NO4. The number of carboxylic acids is 1. The van der Waals surface area contributed by atoms with Crippen molar-refractivity contribution in [2.24, 2.45) is 0 Å². The Balaban J connectivity index is 1.78. The summed E-state index contributed by atoms with van der Waals surface area (Å²) in [6.07, 6.45) is 0. The van der Waals surface area contributed by atoms with Crippen molar-refractivity contribution in [3.63, 3.8) is 0 Å². The number of hydrogen-bond acceptors (Lipinski definition) is 4. The molecule has 1 fully saturated rings. The van der Waals surface area contributed by atoms with Crippen LogP contribution in [0.2, 0.25) is 0 Å². The molecule has 1 aliphatic heterocycles. The molecule has 22 heavy (non-hydrogen) atoms. The second-order valence-corrected chi connectivity index (χ2v) is 5.27. The summed E-state index contributed by atoms with van der Waals surface area (Å²) in [5.41, 5.74) is 0.209. The van der Waals surface area contributed by atoms with E-state index in [1.807, 2.05) is 30.3 Å². The van der Waals surface area contributed by atoms with Crippen molar-refractivity contribution in [3.05, 3.63) is 42.0 Å². The van der Waals surface area contributed by atoms with Crippen LogP contribution in [0.1, 0.15) is 10.4 Å². The summed E-state index contributed by atoms with van der Waals surface area (Å²) in [5, 5.41) is 11.2. The van der Waals surface area contributed by atoms with Crippen molar-refractivity contribution < 1.29 is 19.4 Å². The van der Waals surface area contributed by atoms with Crippen LogP contribution in [0.3, 0.4) is 0 Å². The normalized spacial score (nSPS) is 15.8. The lowest BCUT2D eigenvalue weighted by molar-refractivity contribution is 0.0322. The number of nitrogens with zero attached hydrogens (tertiary/aromatic N) is 1. The first-order valence-corrected chi connectivity index (χ1v) is 7.43. The van der Waals surface area contributed by atoms with Gasteiger partial charge in [-0.1, -0.05) is 30.3 Å². The highest BCUT2D eigenvalue weighted by Gasteiger charge is 2.16. The maximum atomic E-state index is 11.4. The molecule has 0 atom stereocenters. The Hall–Kier alpha value is -2.11. The molecule has 0 bridgehead atoms. The van der Waals surface area contributed by atoms with E-state index in [2.05, 4.69) is 4.90 Å². The van der Waals surface area contributed by atoms with Gasteiger partial charge < -0.3 is 14.6 Å². The maximum Gasteiger partial charge on any atom is 0.339 e. The minimum Gasteiger partial charge on any atom is -0.491 e. The Morgan fingerprint density at radius 1 is 1.18 bits per heavy atom. The topological polar surface area (TPSA) is 59.0 Å². The number of aromatic carboxylic acids is 1. The molecule has 0 saturated carbocycles. The largest absolute Gasteiger partial charge is 0.491 e. The van der Waals surface area contributed by atoms with Gasteiger partial charge >= 0.3 is 5.97 Å². The van der Waals surface area contributed by atoms with Gasteiger partial charge in [-0.2, -0.15) is 0 Å². The van der Waals surface area contributed by atoms with Gasteiger partial charge in [-0.15, -0.1) is 0 Å². The zero-order chi connectivity index (χ0) is 15.4. The first-order chi connectivity index (χ1) is 10.8. The standard InChI is InChI=1S/C17H19NO4/c19-17(20)15-6-5-13-3-1-2-4-14(13)16(15)22-12-9-18-7-10-21-11-8-18/h1-6H,7-12H2,(H,19,20). The molecule has 1 saturated heterocycles. The molecule has 1 N–H and O–H groups in total. The monoisotopic (exact) mass is 301 g/mol. The lowest BCUT2D eigenvalue weighted by Gasteiger charge is -2.26. The van der Waals surface area contributed by atoms with E-state index in [0.717, 1.165) is 43.6 Å². The van der Waals surface area contributed by atoms with Crippen molar-refractivity contribution in [2.45, 2.75) is 0 Å². The highest BCUT2D eigenvalue weighted by atomic mass is 16.5. The lowest BCUT2D eigenvalue weighted by Crippen LogP contribution is -2.38. The van der Waals surface area contributed by atoms with E-state index < -0.39 is 5.97 Å². The number of benzene rings is 2. The van der Waals surface area contributed by atoms with E-state index in [1.165, 1.54) is 0 Å². The SMILES string of the molecule is O=C(O)c1ccc2ccccc2c1OCCN1CCOCC1. The smallest absolute Gasteiger partial charge is 0.339 e. The zero-order valence-corrected chi connectivity index (χ0v) is 12.3. The Morgan fingerprint density at radius 3 is 2.73 bits per heavy atom. The maximum absolute atomic E-state index is 11.4. The van der Waals surface area contributed by atoms with Gasteiger partial charge in [0.05, 0.1) is 13.2 Å². The lowest BCUT2D eigenvalue weighted by atomic mass is 10.1. The molecule has 0 spiro atoms. The predicted molar refractivity (Wildman–Crippen MR) is 83.7 cm³/mol. The molecule has 2 aromatic rings. The van der Waals surface area contributed by atoms with Crippen LogP contribution in [0.25, 0.3) is 10.8 Å². The van der Waals surface area contributed by atoms with Crippen molar-refractivity contribution >= 4 is 16.7 Å². The van der Waals surface area contributed by atoms with Crippen LogP contribution in [-0.2, 0) is 4.74 Å². The van der Waals surface area contributed by atoms with Crippen molar-refractivity contribution in [1.29, 1.82) is 0 Å². The Morgan fingerprint density at radius 2 is 1.95 bits per heavy atom. The third-order valence-electron chi connectivity index (χ3n) is 3.87. The molecule has 1 aliphatic rings. The van der Waals surface area contributed by atoms with Crippen molar-refractivity contribution in [1.82, 2.24) is 4.90 Å². The highest BCUT2D eigenvalue weighted by Crippen LogP contribution is 2.30. The summed E-state index contributed by atoms with van der Waals surface area (Å²) in [6.45, 7) is 4.51. The molecule has 5 nitrogen and oxygen atoms in total. The first kappa shape index (κ1) is 14.8. The van der Waals surface area contributed by atoms with Gasteiger partial charge in [0.1, 0.15) is 17.9 Å². The highest BCUT2D eigenvalue weighted by molar-refractivity contribution is 6.00. The second-order valence-electron chi connectivity index (χ2n) is 5.27. The molecule has 0 radical (unpaired) electrons.